The quantitative estimate of drug-likeness (QED) is 0.738. The minimum Gasteiger partial charge on any atom is -0.462 e. The van der Waals surface area contributed by atoms with Gasteiger partial charge in [0.2, 0.25) is 5.91 Å². The Morgan fingerprint density at radius 3 is 2.43 bits per heavy atom. The summed E-state index contributed by atoms with van der Waals surface area (Å²) in [5.41, 5.74) is 0.544. The maximum absolute atomic E-state index is 13.2. The molecule has 0 radical (unpaired) electrons. The third-order valence-electron chi connectivity index (χ3n) is 3.87. The maximum Gasteiger partial charge on any atom is 0.340 e. The Labute approximate surface area is 161 Å². The molecule has 2 amide bonds. The Morgan fingerprint density at radius 1 is 1.07 bits per heavy atom. The molecular weight excluding hydrogens is 370 g/mol. The van der Waals surface area contributed by atoms with Crippen LogP contribution in [0.2, 0.25) is 0 Å². The zero-order valence-electron chi connectivity index (χ0n) is 15.5. The standard InChI is InChI=1S/C20H20F2N2O4/c1-3-28-20(27)15-6-4-5-7-18(15)24(13(2)25)11-10-23-19(26)14-8-9-16(21)17(22)12-14/h4-9,12H,3,10-11H2,1-2H3,(H,23,26). The van der Waals surface area contributed by atoms with Gasteiger partial charge < -0.3 is 15.0 Å². The van der Waals surface area contributed by atoms with Crippen LogP contribution in [-0.2, 0) is 9.53 Å². The number of para-hydroxylation sites is 1. The van der Waals surface area contributed by atoms with E-state index in [1.807, 2.05) is 0 Å². The van der Waals surface area contributed by atoms with Gasteiger partial charge in [0, 0.05) is 25.6 Å². The summed E-state index contributed by atoms with van der Waals surface area (Å²) in [4.78, 5) is 37.6. The van der Waals surface area contributed by atoms with E-state index in [9.17, 15) is 23.2 Å². The Morgan fingerprint density at radius 2 is 1.79 bits per heavy atom. The average molecular weight is 390 g/mol. The molecule has 0 bridgehead atoms. The predicted molar refractivity (Wildman–Crippen MR) is 99.1 cm³/mol. The molecule has 0 aliphatic carbocycles. The van der Waals surface area contributed by atoms with Crippen LogP contribution in [0.4, 0.5) is 14.5 Å². The van der Waals surface area contributed by atoms with Crippen molar-refractivity contribution in [2.24, 2.45) is 0 Å². The lowest BCUT2D eigenvalue weighted by Gasteiger charge is -2.23. The van der Waals surface area contributed by atoms with Crippen LogP contribution in [0.3, 0.4) is 0 Å². The Balaban J connectivity index is 2.10. The van der Waals surface area contributed by atoms with Crippen molar-refractivity contribution in [3.63, 3.8) is 0 Å². The normalized spacial score (nSPS) is 10.3. The average Bonchev–Trinajstić information content (AvgIpc) is 2.67. The summed E-state index contributed by atoms with van der Waals surface area (Å²) in [6.07, 6.45) is 0. The summed E-state index contributed by atoms with van der Waals surface area (Å²) >= 11 is 0. The zero-order valence-corrected chi connectivity index (χ0v) is 15.5. The van der Waals surface area contributed by atoms with Crippen molar-refractivity contribution in [3.05, 3.63) is 65.2 Å². The number of hydrogen-bond acceptors (Lipinski definition) is 4. The van der Waals surface area contributed by atoms with Gasteiger partial charge in [-0.15, -0.1) is 0 Å². The van der Waals surface area contributed by atoms with Crippen molar-refractivity contribution in [2.75, 3.05) is 24.6 Å². The van der Waals surface area contributed by atoms with E-state index in [0.29, 0.717) is 5.69 Å². The number of carbonyl (C=O) groups is 3. The topological polar surface area (TPSA) is 75.7 Å². The molecule has 0 aliphatic rings. The van der Waals surface area contributed by atoms with Gasteiger partial charge in [-0.25, -0.2) is 13.6 Å². The highest BCUT2D eigenvalue weighted by molar-refractivity contribution is 6.02. The number of nitrogens with one attached hydrogen (secondary N) is 1. The molecule has 8 heteroatoms. The third-order valence-corrected chi connectivity index (χ3v) is 3.87. The molecule has 0 spiro atoms. The number of hydrogen-bond donors (Lipinski definition) is 1. The largest absolute Gasteiger partial charge is 0.462 e. The van der Waals surface area contributed by atoms with Crippen LogP contribution in [0.25, 0.3) is 0 Å². The number of halogens is 2. The van der Waals surface area contributed by atoms with Gasteiger partial charge in [0.1, 0.15) is 0 Å². The smallest absolute Gasteiger partial charge is 0.340 e. The van der Waals surface area contributed by atoms with Gasteiger partial charge in [0.05, 0.1) is 17.9 Å². The van der Waals surface area contributed by atoms with Crippen molar-refractivity contribution in [2.45, 2.75) is 13.8 Å². The zero-order chi connectivity index (χ0) is 20.7. The molecular formula is C20H20F2N2O4. The minimum absolute atomic E-state index is 0.0363. The molecule has 28 heavy (non-hydrogen) atoms. The summed E-state index contributed by atoms with van der Waals surface area (Å²) in [6.45, 7) is 3.31. The molecule has 0 heterocycles. The van der Waals surface area contributed by atoms with Gasteiger partial charge in [-0.2, -0.15) is 0 Å². The van der Waals surface area contributed by atoms with Crippen molar-refractivity contribution in [1.29, 1.82) is 0 Å². The van der Waals surface area contributed by atoms with Crippen molar-refractivity contribution >= 4 is 23.5 Å². The fraction of sp³-hybridized carbons (Fsp3) is 0.250. The maximum atomic E-state index is 13.2. The molecule has 6 nitrogen and oxygen atoms in total. The first kappa shape index (κ1) is 21.0. The number of ether oxygens (including phenoxy) is 1. The first-order chi connectivity index (χ1) is 13.3. The van der Waals surface area contributed by atoms with Crippen LogP contribution in [0.15, 0.2) is 42.5 Å². The van der Waals surface area contributed by atoms with Crippen molar-refractivity contribution in [1.82, 2.24) is 5.32 Å². The minimum atomic E-state index is -1.12. The predicted octanol–water partition coefficient (Wildman–Crippen LogP) is 2.92. The van der Waals surface area contributed by atoms with E-state index in [4.69, 9.17) is 4.74 Å². The van der Waals surface area contributed by atoms with Gasteiger partial charge in [0.25, 0.3) is 5.91 Å². The second-order valence-electron chi connectivity index (χ2n) is 5.79. The molecule has 2 aromatic carbocycles. The molecule has 148 valence electrons. The van der Waals surface area contributed by atoms with Gasteiger partial charge >= 0.3 is 5.97 Å². The van der Waals surface area contributed by atoms with Gasteiger partial charge in [-0.1, -0.05) is 12.1 Å². The summed E-state index contributed by atoms with van der Waals surface area (Å²) in [7, 11) is 0. The van der Waals surface area contributed by atoms with E-state index >= 15 is 0 Å². The van der Waals surface area contributed by atoms with Crippen LogP contribution in [0.1, 0.15) is 34.6 Å². The van der Waals surface area contributed by atoms with Crippen LogP contribution in [0, 0.1) is 11.6 Å². The van der Waals surface area contributed by atoms with E-state index in [1.54, 1.807) is 31.2 Å². The number of anilines is 1. The SMILES string of the molecule is CCOC(=O)c1ccccc1N(CCNC(=O)c1ccc(F)c(F)c1)C(C)=O. The summed E-state index contributed by atoms with van der Waals surface area (Å²) in [5, 5.41) is 2.54. The van der Waals surface area contributed by atoms with Crippen molar-refractivity contribution < 1.29 is 27.9 Å². The summed E-state index contributed by atoms with van der Waals surface area (Å²) < 4.78 is 31.2. The van der Waals surface area contributed by atoms with E-state index in [1.165, 1.54) is 11.8 Å². The Kier molecular flexibility index (Phi) is 7.20. The third kappa shape index (κ3) is 5.12. The Bertz CT molecular complexity index is 886. The Hall–Kier alpha value is -3.29. The van der Waals surface area contributed by atoms with E-state index in [2.05, 4.69) is 5.32 Å². The molecule has 1 N–H and O–H groups in total. The summed E-state index contributed by atoms with van der Waals surface area (Å²) in [6, 6.07) is 9.29. The number of nitrogens with zero attached hydrogens (tertiary/aromatic N) is 1. The van der Waals surface area contributed by atoms with Crippen LogP contribution in [-0.4, -0.2) is 37.5 Å². The fourth-order valence-electron chi connectivity index (χ4n) is 2.56. The number of esters is 1. The van der Waals surface area contributed by atoms with Crippen molar-refractivity contribution in [3.8, 4) is 0 Å². The molecule has 0 aromatic heterocycles. The highest BCUT2D eigenvalue weighted by Gasteiger charge is 2.20. The number of carbonyl (C=O) groups excluding carboxylic acids is 3. The lowest BCUT2D eigenvalue weighted by Crippen LogP contribution is -2.38. The monoisotopic (exact) mass is 390 g/mol. The molecule has 0 atom stereocenters. The number of amides is 2. The molecule has 0 fully saturated rings. The van der Waals surface area contributed by atoms with Gasteiger partial charge in [-0.05, 0) is 37.3 Å². The lowest BCUT2D eigenvalue weighted by molar-refractivity contribution is -0.116. The first-order valence-electron chi connectivity index (χ1n) is 8.62. The van der Waals surface area contributed by atoms with Crippen LogP contribution in [0.5, 0.6) is 0 Å². The summed E-state index contributed by atoms with van der Waals surface area (Å²) in [5.74, 6) is -3.67. The van der Waals surface area contributed by atoms with Crippen LogP contribution >= 0.6 is 0 Å². The van der Waals surface area contributed by atoms with E-state index in [0.717, 1.165) is 18.2 Å². The molecule has 2 aromatic rings. The highest BCUT2D eigenvalue weighted by Crippen LogP contribution is 2.21. The molecule has 0 saturated heterocycles. The second kappa shape index (κ2) is 9.59. The fourth-order valence-corrected chi connectivity index (χ4v) is 2.56. The van der Waals surface area contributed by atoms with E-state index in [-0.39, 0.29) is 36.7 Å². The second-order valence-corrected chi connectivity index (χ2v) is 5.79. The molecule has 0 aliphatic heterocycles. The number of rotatable bonds is 7. The van der Waals surface area contributed by atoms with Gasteiger partial charge in [-0.3, -0.25) is 9.59 Å². The molecule has 0 saturated carbocycles. The highest BCUT2D eigenvalue weighted by atomic mass is 19.2. The lowest BCUT2D eigenvalue weighted by atomic mass is 10.1. The molecule has 0 unspecified atom stereocenters. The van der Waals surface area contributed by atoms with Crippen LogP contribution < -0.4 is 10.2 Å². The van der Waals surface area contributed by atoms with Gasteiger partial charge in [0.15, 0.2) is 11.6 Å². The number of benzene rings is 2. The molecule has 2 rings (SSSR count). The first-order valence-corrected chi connectivity index (χ1v) is 8.62. The van der Waals surface area contributed by atoms with E-state index < -0.39 is 23.5 Å².